The molecule has 0 aliphatic rings. The molecule has 0 amide bonds. The van der Waals surface area contributed by atoms with Gasteiger partial charge in [0.2, 0.25) is 0 Å². The van der Waals surface area contributed by atoms with Crippen LogP contribution >= 0.6 is 0 Å². The minimum Gasteiger partial charge on any atom is -0.385 e. The third-order valence-corrected chi connectivity index (χ3v) is 1.13. The SMILES string of the molecule is CCNc1[c]ccc(F)c1. The van der Waals surface area contributed by atoms with Gasteiger partial charge in [0, 0.05) is 18.3 Å². The lowest BCUT2D eigenvalue weighted by molar-refractivity contribution is 0.628. The number of anilines is 1. The molecule has 0 aliphatic carbocycles. The van der Waals surface area contributed by atoms with Gasteiger partial charge in [-0.05, 0) is 25.1 Å². The lowest BCUT2D eigenvalue weighted by Crippen LogP contribution is -1.96. The molecule has 1 N–H and O–H groups in total. The Balaban J connectivity index is 2.75. The molecule has 0 atom stereocenters. The van der Waals surface area contributed by atoms with Crippen molar-refractivity contribution in [3.05, 3.63) is 30.1 Å². The molecule has 1 nitrogen and oxygen atoms in total. The predicted molar refractivity (Wildman–Crippen MR) is 39.4 cm³/mol. The topological polar surface area (TPSA) is 12.0 Å². The van der Waals surface area contributed by atoms with E-state index in [0.29, 0.717) is 5.69 Å². The van der Waals surface area contributed by atoms with Gasteiger partial charge in [-0.2, -0.15) is 0 Å². The van der Waals surface area contributed by atoms with E-state index in [2.05, 4.69) is 11.4 Å². The van der Waals surface area contributed by atoms with E-state index in [1.54, 1.807) is 6.07 Å². The number of halogens is 1. The average molecular weight is 138 g/mol. The minimum absolute atomic E-state index is 0.227. The summed E-state index contributed by atoms with van der Waals surface area (Å²) in [6, 6.07) is 7.22. The monoisotopic (exact) mass is 138 g/mol. The second-order valence-corrected chi connectivity index (χ2v) is 1.95. The number of rotatable bonds is 2. The summed E-state index contributed by atoms with van der Waals surface area (Å²) >= 11 is 0. The zero-order chi connectivity index (χ0) is 7.40. The van der Waals surface area contributed by atoms with E-state index in [4.69, 9.17) is 0 Å². The molecule has 0 heterocycles. The van der Waals surface area contributed by atoms with E-state index in [1.807, 2.05) is 6.92 Å². The second-order valence-electron chi connectivity index (χ2n) is 1.95. The molecule has 1 radical (unpaired) electrons. The van der Waals surface area contributed by atoms with Gasteiger partial charge in [0.15, 0.2) is 0 Å². The lowest BCUT2D eigenvalue weighted by Gasteiger charge is -1.99. The molecular formula is C8H9FN. The van der Waals surface area contributed by atoms with Crippen LogP contribution in [0, 0.1) is 11.9 Å². The van der Waals surface area contributed by atoms with Crippen molar-refractivity contribution in [3.63, 3.8) is 0 Å². The fourth-order valence-electron chi connectivity index (χ4n) is 0.731. The molecule has 0 saturated heterocycles. The largest absolute Gasteiger partial charge is 0.385 e. The molecule has 1 aromatic carbocycles. The number of benzene rings is 1. The van der Waals surface area contributed by atoms with Crippen molar-refractivity contribution in [1.29, 1.82) is 0 Å². The Morgan fingerprint density at radius 1 is 1.70 bits per heavy atom. The van der Waals surface area contributed by atoms with Crippen LogP contribution in [-0.4, -0.2) is 6.54 Å². The first-order valence-corrected chi connectivity index (χ1v) is 3.24. The van der Waals surface area contributed by atoms with Gasteiger partial charge in [0.25, 0.3) is 0 Å². The molecule has 2 heteroatoms. The first-order valence-electron chi connectivity index (χ1n) is 3.24. The Bertz CT molecular complexity index is 210. The molecule has 0 bridgehead atoms. The third kappa shape index (κ3) is 1.72. The summed E-state index contributed by atoms with van der Waals surface area (Å²) in [7, 11) is 0. The van der Waals surface area contributed by atoms with Crippen LogP contribution in [0.5, 0.6) is 0 Å². The zero-order valence-corrected chi connectivity index (χ0v) is 5.82. The van der Waals surface area contributed by atoms with Gasteiger partial charge in [-0.25, -0.2) is 4.39 Å². The van der Waals surface area contributed by atoms with Crippen LogP contribution in [0.2, 0.25) is 0 Å². The summed E-state index contributed by atoms with van der Waals surface area (Å²) in [4.78, 5) is 0. The Morgan fingerprint density at radius 2 is 2.50 bits per heavy atom. The Morgan fingerprint density at radius 3 is 3.10 bits per heavy atom. The summed E-state index contributed by atoms with van der Waals surface area (Å²) in [5, 5.41) is 2.95. The van der Waals surface area contributed by atoms with Gasteiger partial charge in [-0.3, -0.25) is 0 Å². The van der Waals surface area contributed by atoms with Crippen LogP contribution in [0.25, 0.3) is 0 Å². The van der Waals surface area contributed by atoms with Crippen LogP contribution in [0.1, 0.15) is 6.92 Å². The van der Waals surface area contributed by atoms with Crippen molar-refractivity contribution >= 4 is 5.69 Å². The highest BCUT2D eigenvalue weighted by molar-refractivity contribution is 5.41. The van der Waals surface area contributed by atoms with Crippen LogP contribution in [0.4, 0.5) is 10.1 Å². The molecular weight excluding hydrogens is 129 g/mol. The van der Waals surface area contributed by atoms with Crippen LogP contribution in [-0.2, 0) is 0 Å². The fraction of sp³-hybridized carbons (Fsp3) is 0.250. The van der Waals surface area contributed by atoms with E-state index >= 15 is 0 Å². The smallest absolute Gasteiger partial charge is 0.125 e. The summed E-state index contributed by atoms with van der Waals surface area (Å²) in [6.45, 7) is 2.75. The fourth-order valence-corrected chi connectivity index (χ4v) is 0.731. The van der Waals surface area contributed by atoms with Crippen molar-refractivity contribution < 1.29 is 4.39 Å². The lowest BCUT2D eigenvalue weighted by atomic mass is 10.3. The molecule has 0 spiro atoms. The predicted octanol–water partition coefficient (Wildman–Crippen LogP) is 2.06. The molecule has 1 aromatic rings. The zero-order valence-electron chi connectivity index (χ0n) is 5.82. The minimum atomic E-state index is -0.227. The number of hydrogen-bond donors (Lipinski definition) is 1. The number of nitrogens with one attached hydrogen (secondary N) is 1. The highest BCUT2D eigenvalue weighted by atomic mass is 19.1. The highest BCUT2D eigenvalue weighted by Crippen LogP contribution is 2.06. The van der Waals surface area contributed by atoms with Crippen molar-refractivity contribution in [2.75, 3.05) is 11.9 Å². The molecule has 0 fully saturated rings. The summed E-state index contributed by atoms with van der Waals surface area (Å²) in [5.41, 5.74) is 0.711. The van der Waals surface area contributed by atoms with Gasteiger partial charge in [-0.15, -0.1) is 0 Å². The quantitative estimate of drug-likeness (QED) is 0.659. The maximum absolute atomic E-state index is 12.4. The Hall–Kier alpha value is -1.05. The first kappa shape index (κ1) is 7.06. The molecule has 53 valence electrons. The van der Waals surface area contributed by atoms with Gasteiger partial charge in [0.1, 0.15) is 5.82 Å². The van der Waals surface area contributed by atoms with Crippen LogP contribution < -0.4 is 5.32 Å². The third-order valence-electron chi connectivity index (χ3n) is 1.13. The van der Waals surface area contributed by atoms with Crippen LogP contribution in [0.15, 0.2) is 18.2 Å². The van der Waals surface area contributed by atoms with E-state index in [9.17, 15) is 4.39 Å². The van der Waals surface area contributed by atoms with E-state index in [-0.39, 0.29) is 5.82 Å². The van der Waals surface area contributed by atoms with E-state index < -0.39 is 0 Å². The normalized spacial score (nSPS) is 9.40. The van der Waals surface area contributed by atoms with E-state index in [0.717, 1.165) is 6.54 Å². The van der Waals surface area contributed by atoms with Gasteiger partial charge >= 0.3 is 0 Å². The van der Waals surface area contributed by atoms with Crippen molar-refractivity contribution in [2.24, 2.45) is 0 Å². The summed E-state index contributed by atoms with van der Waals surface area (Å²) in [6.07, 6.45) is 0. The van der Waals surface area contributed by atoms with Crippen LogP contribution in [0.3, 0.4) is 0 Å². The molecule has 1 rings (SSSR count). The molecule has 0 aromatic heterocycles. The molecule has 0 unspecified atom stereocenters. The van der Waals surface area contributed by atoms with Gasteiger partial charge < -0.3 is 5.32 Å². The molecule has 10 heavy (non-hydrogen) atoms. The van der Waals surface area contributed by atoms with Crippen molar-refractivity contribution in [3.8, 4) is 0 Å². The molecule has 0 saturated carbocycles. The Kier molecular flexibility index (Phi) is 2.26. The van der Waals surface area contributed by atoms with Crippen molar-refractivity contribution in [2.45, 2.75) is 6.92 Å². The standard InChI is InChI=1S/C8H9FN/c1-2-10-8-5-3-4-7(9)6-8/h3-4,6,10H,2H2,1H3. The first-order chi connectivity index (χ1) is 4.83. The van der Waals surface area contributed by atoms with Gasteiger partial charge in [-0.1, -0.05) is 0 Å². The Labute approximate surface area is 59.9 Å². The van der Waals surface area contributed by atoms with E-state index in [1.165, 1.54) is 12.1 Å². The van der Waals surface area contributed by atoms with Gasteiger partial charge in [0.05, 0.1) is 0 Å². The molecule has 0 aliphatic heterocycles. The summed E-state index contributed by atoms with van der Waals surface area (Å²) < 4.78 is 12.4. The maximum atomic E-state index is 12.4. The second kappa shape index (κ2) is 3.20. The average Bonchev–Trinajstić information content (AvgIpc) is 1.88. The highest BCUT2D eigenvalue weighted by Gasteiger charge is 1.90. The summed E-state index contributed by atoms with van der Waals surface area (Å²) in [5.74, 6) is -0.227. The maximum Gasteiger partial charge on any atom is 0.125 e. The van der Waals surface area contributed by atoms with Crippen molar-refractivity contribution in [1.82, 2.24) is 0 Å². The number of hydrogen-bond acceptors (Lipinski definition) is 1.